The van der Waals surface area contributed by atoms with Gasteiger partial charge in [0, 0.05) is 11.7 Å². The zero-order chi connectivity index (χ0) is 13.1. The molecule has 1 atom stereocenters. The van der Waals surface area contributed by atoms with Gasteiger partial charge in [0.2, 0.25) is 0 Å². The Morgan fingerprint density at radius 1 is 1.24 bits per heavy atom. The Balaban J connectivity index is 2.53. The third kappa shape index (κ3) is 4.43. The average molecular weight is 238 g/mol. The maximum atomic E-state index is 12.7. The zero-order valence-electron chi connectivity index (χ0n) is 10.7. The summed E-state index contributed by atoms with van der Waals surface area (Å²) in [5, 5.41) is 5.49. The Morgan fingerprint density at radius 3 is 2.24 bits per heavy atom. The van der Waals surface area contributed by atoms with Gasteiger partial charge < -0.3 is 10.6 Å². The minimum absolute atomic E-state index is 0.000135. The van der Waals surface area contributed by atoms with Crippen LogP contribution in [-0.4, -0.2) is 12.1 Å². The maximum absolute atomic E-state index is 12.7. The summed E-state index contributed by atoms with van der Waals surface area (Å²) >= 11 is 0. The molecule has 17 heavy (non-hydrogen) atoms. The molecule has 4 heteroatoms. The van der Waals surface area contributed by atoms with E-state index in [0.29, 0.717) is 5.69 Å². The number of hydrogen-bond donors (Lipinski definition) is 2. The molecule has 0 spiro atoms. The van der Waals surface area contributed by atoms with Crippen LogP contribution in [0.3, 0.4) is 0 Å². The first-order chi connectivity index (χ1) is 7.79. The molecule has 0 bridgehead atoms. The van der Waals surface area contributed by atoms with E-state index in [2.05, 4.69) is 31.4 Å². The van der Waals surface area contributed by atoms with Crippen LogP contribution in [0, 0.1) is 11.2 Å². The number of nitrogens with one attached hydrogen (secondary N) is 2. The quantitative estimate of drug-likeness (QED) is 0.814. The van der Waals surface area contributed by atoms with Gasteiger partial charge >= 0.3 is 6.03 Å². The molecule has 1 aromatic rings. The summed E-state index contributed by atoms with van der Waals surface area (Å²) in [7, 11) is 0. The number of halogens is 1. The van der Waals surface area contributed by atoms with Crippen LogP contribution in [0.1, 0.15) is 27.7 Å². The van der Waals surface area contributed by atoms with E-state index in [4.69, 9.17) is 0 Å². The number of urea groups is 1. The van der Waals surface area contributed by atoms with Crippen molar-refractivity contribution in [2.24, 2.45) is 5.41 Å². The van der Waals surface area contributed by atoms with Crippen molar-refractivity contribution in [1.82, 2.24) is 5.32 Å². The Hall–Kier alpha value is -1.58. The molecule has 1 aromatic carbocycles. The van der Waals surface area contributed by atoms with Crippen molar-refractivity contribution in [2.75, 3.05) is 5.32 Å². The molecule has 0 saturated heterocycles. The molecule has 1 rings (SSSR count). The van der Waals surface area contributed by atoms with E-state index in [0.717, 1.165) is 0 Å². The highest BCUT2D eigenvalue weighted by atomic mass is 19.1. The first-order valence-electron chi connectivity index (χ1n) is 5.62. The number of hydrogen-bond acceptors (Lipinski definition) is 1. The predicted molar refractivity (Wildman–Crippen MR) is 67.5 cm³/mol. The molecule has 94 valence electrons. The van der Waals surface area contributed by atoms with Gasteiger partial charge in [-0.05, 0) is 36.6 Å². The first-order valence-corrected chi connectivity index (χ1v) is 5.62. The number of anilines is 1. The van der Waals surface area contributed by atoms with Gasteiger partial charge in [-0.25, -0.2) is 9.18 Å². The van der Waals surface area contributed by atoms with E-state index in [-0.39, 0.29) is 23.3 Å². The minimum Gasteiger partial charge on any atom is -0.335 e. The largest absolute Gasteiger partial charge is 0.335 e. The summed E-state index contributed by atoms with van der Waals surface area (Å²) in [6.45, 7) is 8.10. The predicted octanol–water partition coefficient (Wildman–Crippen LogP) is 3.38. The number of carbonyl (C=O) groups excluding carboxylic acids is 1. The Morgan fingerprint density at radius 2 is 1.76 bits per heavy atom. The van der Waals surface area contributed by atoms with Gasteiger partial charge in [0.25, 0.3) is 0 Å². The van der Waals surface area contributed by atoms with Gasteiger partial charge in [0.15, 0.2) is 0 Å². The molecular weight excluding hydrogens is 219 g/mol. The van der Waals surface area contributed by atoms with Crippen LogP contribution in [0.4, 0.5) is 14.9 Å². The van der Waals surface area contributed by atoms with Crippen LogP contribution in [-0.2, 0) is 0 Å². The van der Waals surface area contributed by atoms with Gasteiger partial charge in [0.1, 0.15) is 5.82 Å². The fraction of sp³-hybridized carbons (Fsp3) is 0.462. The minimum atomic E-state index is -0.320. The van der Waals surface area contributed by atoms with Crippen LogP contribution in [0.25, 0.3) is 0 Å². The van der Waals surface area contributed by atoms with Crippen molar-refractivity contribution in [2.45, 2.75) is 33.7 Å². The van der Waals surface area contributed by atoms with Crippen LogP contribution in [0.5, 0.6) is 0 Å². The highest BCUT2D eigenvalue weighted by Gasteiger charge is 2.21. The van der Waals surface area contributed by atoms with E-state index in [1.54, 1.807) is 0 Å². The smallest absolute Gasteiger partial charge is 0.319 e. The average Bonchev–Trinajstić information content (AvgIpc) is 2.20. The summed E-state index contributed by atoms with van der Waals surface area (Å²) in [6.07, 6.45) is 0. The normalized spacial score (nSPS) is 13.0. The molecule has 2 N–H and O–H groups in total. The highest BCUT2D eigenvalue weighted by molar-refractivity contribution is 5.89. The summed E-state index contributed by atoms with van der Waals surface area (Å²) in [5.74, 6) is -0.320. The molecule has 0 aliphatic rings. The summed E-state index contributed by atoms with van der Waals surface area (Å²) < 4.78 is 12.7. The van der Waals surface area contributed by atoms with E-state index in [1.807, 2.05) is 6.92 Å². The lowest BCUT2D eigenvalue weighted by Crippen LogP contribution is -2.43. The molecule has 0 aromatic heterocycles. The van der Waals surface area contributed by atoms with Crippen molar-refractivity contribution < 1.29 is 9.18 Å². The molecule has 0 heterocycles. The van der Waals surface area contributed by atoms with Crippen LogP contribution in [0.15, 0.2) is 24.3 Å². The second kappa shape index (κ2) is 5.17. The van der Waals surface area contributed by atoms with Crippen LogP contribution in [0.2, 0.25) is 0 Å². The molecule has 0 aliphatic heterocycles. The van der Waals surface area contributed by atoms with Crippen LogP contribution >= 0.6 is 0 Å². The number of benzene rings is 1. The summed E-state index contributed by atoms with van der Waals surface area (Å²) in [6, 6.07) is 5.43. The van der Waals surface area contributed by atoms with Crippen molar-refractivity contribution in [3.63, 3.8) is 0 Å². The van der Waals surface area contributed by atoms with Gasteiger partial charge in [-0.15, -0.1) is 0 Å². The van der Waals surface area contributed by atoms with Crippen molar-refractivity contribution in [3.8, 4) is 0 Å². The molecule has 0 fully saturated rings. The molecule has 3 nitrogen and oxygen atoms in total. The van der Waals surface area contributed by atoms with Crippen molar-refractivity contribution >= 4 is 11.7 Å². The lowest BCUT2D eigenvalue weighted by Gasteiger charge is -2.28. The lowest BCUT2D eigenvalue weighted by molar-refractivity contribution is 0.233. The molecular formula is C13H19FN2O. The third-order valence-electron chi connectivity index (χ3n) is 2.75. The van der Waals surface area contributed by atoms with Gasteiger partial charge in [-0.2, -0.15) is 0 Å². The van der Waals surface area contributed by atoms with E-state index in [9.17, 15) is 9.18 Å². The van der Waals surface area contributed by atoms with E-state index < -0.39 is 0 Å². The van der Waals surface area contributed by atoms with Gasteiger partial charge in [0.05, 0.1) is 0 Å². The second-order valence-electron chi connectivity index (χ2n) is 5.19. The van der Waals surface area contributed by atoms with Crippen LogP contribution < -0.4 is 10.6 Å². The summed E-state index contributed by atoms with van der Waals surface area (Å²) in [5.41, 5.74) is 0.574. The van der Waals surface area contributed by atoms with E-state index in [1.165, 1.54) is 24.3 Å². The molecule has 0 radical (unpaired) electrons. The molecule has 0 aliphatic carbocycles. The standard InChI is InChI=1S/C13H19FN2O/c1-9(13(2,3)4)15-12(17)16-11-7-5-10(14)6-8-11/h5-9H,1-4H3,(H2,15,16,17)/t9-/m1/s1. The number of carbonyl (C=O) groups is 1. The Bertz CT molecular complexity index is 381. The third-order valence-corrected chi connectivity index (χ3v) is 2.75. The molecule has 0 unspecified atom stereocenters. The lowest BCUT2D eigenvalue weighted by atomic mass is 9.88. The second-order valence-corrected chi connectivity index (χ2v) is 5.19. The van der Waals surface area contributed by atoms with Crippen molar-refractivity contribution in [1.29, 1.82) is 0 Å². The summed E-state index contributed by atoms with van der Waals surface area (Å²) in [4.78, 5) is 11.6. The first kappa shape index (κ1) is 13.5. The molecule has 0 saturated carbocycles. The van der Waals surface area contributed by atoms with Gasteiger partial charge in [-0.1, -0.05) is 20.8 Å². The SMILES string of the molecule is C[C@@H](NC(=O)Nc1ccc(F)cc1)C(C)(C)C. The monoisotopic (exact) mass is 238 g/mol. The number of rotatable bonds is 2. The Labute approximate surface area is 101 Å². The van der Waals surface area contributed by atoms with E-state index >= 15 is 0 Å². The molecule has 2 amide bonds. The maximum Gasteiger partial charge on any atom is 0.319 e. The fourth-order valence-corrected chi connectivity index (χ4v) is 1.11. The number of amides is 2. The fourth-order valence-electron chi connectivity index (χ4n) is 1.11. The van der Waals surface area contributed by atoms with Gasteiger partial charge in [-0.3, -0.25) is 0 Å². The van der Waals surface area contributed by atoms with Crippen molar-refractivity contribution in [3.05, 3.63) is 30.1 Å². The highest BCUT2D eigenvalue weighted by Crippen LogP contribution is 2.18. The zero-order valence-corrected chi connectivity index (χ0v) is 10.7. The Kier molecular flexibility index (Phi) is 4.10. The topological polar surface area (TPSA) is 41.1 Å².